The van der Waals surface area contributed by atoms with Crippen LogP contribution in [-0.4, -0.2) is 62.0 Å². The second-order valence-corrected chi connectivity index (χ2v) is 7.27. The Kier molecular flexibility index (Phi) is 5.06. The van der Waals surface area contributed by atoms with E-state index in [0.717, 1.165) is 11.4 Å². The van der Waals surface area contributed by atoms with E-state index in [1.807, 2.05) is 36.1 Å². The molecule has 7 nitrogen and oxygen atoms in total. The van der Waals surface area contributed by atoms with Crippen LogP contribution in [0.2, 0.25) is 0 Å². The van der Waals surface area contributed by atoms with Crippen LogP contribution in [0.25, 0.3) is 0 Å². The molecule has 4 rings (SSSR count). The van der Waals surface area contributed by atoms with E-state index < -0.39 is 5.79 Å². The number of rotatable bonds is 4. The van der Waals surface area contributed by atoms with E-state index in [4.69, 9.17) is 14.2 Å². The smallest absolute Gasteiger partial charge is 0.228 e. The standard InChI is InChI=1S/C20H26N2O5/c1-2-25-17-5-3-16(4-6-17)22-14-15(13-18(22)23)19(24)21-9-7-20(8-10-21)26-11-12-27-20/h3-6,15H,2,7-14H2,1H3/t15-/m1/s1. The Morgan fingerprint density at radius 1 is 1.19 bits per heavy atom. The van der Waals surface area contributed by atoms with Crippen LogP contribution in [0.3, 0.4) is 0 Å². The van der Waals surface area contributed by atoms with Crippen molar-refractivity contribution in [3.63, 3.8) is 0 Å². The van der Waals surface area contributed by atoms with Crippen LogP contribution in [0.4, 0.5) is 5.69 Å². The van der Waals surface area contributed by atoms with Crippen molar-refractivity contribution in [2.45, 2.75) is 32.0 Å². The van der Waals surface area contributed by atoms with Crippen molar-refractivity contribution in [3.8, 4) is 5.75 Å². The van der Waals surface area contributed by atoms with Gasteiger partial charge in [0.1, 0.15) is 5.75 Å². The summed E-state index contributed by atoms with van der Waals surface area (Å²) in [6.07, 6.45) is 1.66. The number of benzene rings is 1. The summed E-state index contributed by atoms with van der Waals surface area (Å²) in [7, 11) is 0. The zero-order valence-corrected chi connectivity index (χ0v) is 15.7. The average Bonchev–Trinajstić information content (AvgIpc) is 3.30. The van der Waals surface area contributed by atoms with Crippen molar-refractivity contribution in [2.24, 2.45) is 5.92 Å². The molecule has 3 aliphatic heterocycles. The molecule has 0 aromatic heterocycles. The zero-order chi connectivity index (χ0) is 18.9. The van der Waals surface area contributed by atoms with Crippen LogP contribution >= 0.6 is 0 Å². The molecule has 7 heteroatoms. The van der Waals surface area contributed by atoms with Crippen molar-refractivity contribution in [2.75, 3.05) is 44.4 Å². The molecule has 1 atom stereocenters. The number of likely N-dealkylation sites (tertiary alicyclic amines) is 1. The van der Waals surface area contributed by atoms with Gasteiger partial charge in [0.05, 0.1) is 25.7 Å². The van der Waals surface area contributed by atoms with Crippen molar-refractivity contribution < 1.29 is 23.8 Å². The van der Waals surface area contributed by atoms with Gasteiger partial charge in [0, 0.05) is 44.6 Å². The summed E-state index contributed by atoms with van der Waals surface area (Å²) in [4.78, 5) is 28.9. The first-order valence-corrected chi connectivity index (χ1v) is 9.70. The largest absolute Gasteiger partial charge is 0.494 e. The molecule has 2 amide bonds. The Hall–Kier alpha value is -2.12. The molecule has 0 unspecified atom stereocenters. The highest BCUT2D eigenvalue weighted by atomic mass is 16.7. The monoisotopic (exact) mass is 374 g/mol. The van der Waals surface area contributed by atoms with Gasteiger partial charge in [-0.2, -0.15) is 0 Å². The molecule has 0 saturated carbocycles. The second kappa shape index (κ2) is 7.48. The van der Waals surface area contributed by atoms with Crippen molar-refractivity contribution in [3.05, 3.63) is 24.3 Å². The Morgan fingerprint density at radius 3 is 2.48 bits per heavy atom. The normalized spacial score (nSPS) is 24.6. The van der Waals surface area contributed by atoms with Crippen LogP contribution in [0.1, 0.15) is 26.2 Å². The lowest BCUT2D eigenvalue weighted by atomic mass is 10.0. The van der Waals surface area contributed by atoms with Crippen molar-refractivity contribution in [1.29, 1.82) is 0 Å². The first-order valence-electron chi connectivity index (χ1n) is 9.70. The molecular weight excluding hydrogens is 348 g/mol. The number of nitrogens with zero attached hydrogens (tertiary/aromatic N) is 2. The Labute approximate surface area is 159 Å². The first kappa shape index (κ1) is 18.3. The van der Waals surface area contributed by atoms with Gasteiger partial charge in [-0.3, -0.25) is 9.59 Å². The fourth-order valence-corrected chi connectivity index (χ4v) is 4.12. The van der Waals surface area contributed by atoms with Crippen LogP contribution in [0.15, 0.2) is 24.3 Å². The number of ether oxygens (including phenoxy) is 3. The summed E-state index contributed by atoms with van der Waals surface area (Å²) in [5.41, 5.74) is 0.809. The van der Waals surface area contributed by atoms with Gasteiger partial charge in [-0.1, -0.05) is 0 Å². The minimum absolute atomic E-state index is 0.00607. The van der Waals surface area contributed by atoms with Gasteiger partial charge in [0.2, 0.25) is 11.8 Å². The number of carbonyl (C=O) groups excluding carboxylic acids is 2. The van der Waals surface area contributed by atoms with Crippen LogP contribution < -0.4 is 9.64 Å². The number of carbonyl (C=O) groups is 2. The number of amides is 2. The zero-order valence-electron chi connectivity index (χ0n) is 15.7. The van der Waals surface area contributed by atoms with E-state index >= 15 is 0 Å². The van der Waals surface area contributed by atoms with E-state index in [0.29, 0.717) is 52.3 Å². The van der Waals surface area contributed by atoms with E-state index in [-0.39, 0.29) is 24.2 Å². The van der Waals surface area contributed by atoms with Gasteiger partial charge in [0.15, 0.2) is 5.79 Å². The Bertz CT molecular complexity index is 689. The summed E-state index contributed by atoms with van der Waals surface area (Å²) in [5, 5.41) is 0. The molecule has 27 heavy (non-hydrogen) atoms. The molecule has 0 N–H and O–H groups in total. The summed E-state index contributed by atoms with van der Waals surface area (Å²) in [6.45, 7) is 5.46. The molecule has 1 aromatic rings. The quantitative estimate of drug-likeness (QED) is 0.804. The summed E-state index contributed by atoms with van der Waals surface area (Å²) in [5.74, 6) is 0.0529. The summed E-state index contributed by atoms with van der Waals surface area (Å²) >= 11 is 0. The molecule has 3 heterocycles. The number of hydrogen-bond acceptors (Lipinski definition) is 5. The predicted molar refractivity (Wildman–Crippen MR) is 98.5 cm³/mol. The van der Waals surface area contributed by atoms with Crippen molar-refractivity contribution >= 4 is 17.5 Å². The Morgan fingerprint density at radius 2 is 1.85 bits per heavy atom. The van der Waals surface area contributed by atoms with Gasteiger partial charge >= 0.3 is 0 Å². The third-order valence-electron chi connectivity index (χ3n) is 5.58. The number of hydrogen-bond donors (Lipinski definition) is 0. The summed E-state index contributed by atoms with van der Waals surface area (Å²) in [6, 6.07) is 7.45. The van der Waals surface area contributed by atoms with Crippen LogP contribution in [-0.2, 0) is 19.1 Å². The lowest BCUT2D eigenvalue weighted by Gasteiger charge is -2.38. The van der Waals surface area contributed by atoms with E-state index in [9.17, 15) is 9.59 Å². The maximum atomic E-state index is 12.9. The van der Waals surface area contributed by atoms with Crippen LogP contribution in [0, 0.1) is 5.92 Å². The second-order valence-electron chi connectivity index (χ2n) is 7.27. The van der Waals surface area contributed by atoms with Gasteiger partial charge in [0.25, 0.3) is 0 Å². The highest BCUT2D eigenvalue weighted by Gasteiger charge is 2.43. The molecule has 1 spiro atoms. The highest BCUT2D eigenvalue weighted by Crippen LogP contribution is 2.33. The van der Waals surface area contributed by atoms with Gasteiger partial charge in [-0.25, -0.2) is 0 Å². The van der Waals surface area contributed by atoms with E-state index in [2.05, 4.69) is 0 Å². The summed E-state index contributed by atoms with van der Waals surface area (Å²) < 4.78 is 16.9. The topological polar surface area (TPSA) is 68.3 Å². The molecule has 3 fully saturated rings. The minimum atomic E-state index is -0.489. The van der Waals surface area contributed by atoms with E-state index in [1.54, 1.807) is 4.90 Å². The fourth-order valence-electron chi connectivity index (χ4n) is 4.12. The molecule has 146 valence electrons. The lowest BCUT2D eigenvalue weighted by Crippen LogP contribution is -2.49. The predicted octanol–water partition coefficient (Wildman–Crippen LogP) is 1.80. The molecule has 0 aliphatic carbocycles. The Balaban J connectivity index is 1.36. The number of anilines is 1. The lowest BCUT2D eigenvalue weighted by molar-refractivity contribution is -0.188. The first-order chi connectivity index (χ1) is 13.1. The molecule has 3 aliphatic rings. The maximum Gasteiger partial charge on any atom is 0.228 e. The van der Waals surface area contributed by atoms with Gasteiger partial charge < -0.3 is 24.0 Å². The fraction of sp³-hybridized carbons (Fsp3) is 0.600. The average molecular weight is 374 g/mol. The molecule has 0 radical (unpaired) electrons. The third kappa shape index (κ3) is 3.66. The van der Waals surface area contributed by atoms with Gasteiger partial charge in [-0.05, 0) is 31.2 Å². The van der Waals surface area contributed by atoms with Crippen molar-refractivity contribution in [1.82, 2.24) is 4.90 Å². The minimum Gasteiger partial charge on any atom is -0.494 e. The molecule has 3 saturated heterocycles. The SMILES string of the molecule is CCOc1ccc(N2C[C@H](C(=O)N3CCC4(CC3)OCCO4)CC2=O)cc1. The maximum absolute atomic E-state index is 12.9. The number of piperidine rings is 1. The molecule has 1 aromatic carbocycles. The molecular formula is C20H26N2O5. The van der Waals surface area contributed by atoms with Gasteiger partial charge in [-0.15, -0.1) is 0 Å². The third-order valence-corrected chi connectivity index (χ3v) is 5.58. The van der Waals surface area contributed by atoms with Crippen LogP contribution in [0.5, 0.6) is 5.75 Å². The molecule has 0 bridgehead atoms. The van der Waals surface area contributed by atoms with E-state index in [1.165, 1.54) is 0 Å². The highest BCUT2D eigenvalue weighted by molar-refractivity contribution is 6.00.